The van der Waals surface area contributed by atoms with E-state index in [1.165, 1.54) is 7.05 Å². The van der Waals surface area contributed by atoms with E-state index < -0.39 is 27.6 Å². The third-order valence-corrected chi connectivity index (χ3v) is 4.20. The maximum atomic E-state index is 11.9. The molecular formula is C10H22N2O4S. The fourth-order valence-electron chi connectivity index (χ4n) is 1.11. The molecule has 0 saturated carbocycles. The van der Waals surface area contributed by atoms with E-state index in [-0.39, 0.29) is 6.04 Å². The van der Waals surface area contributed by atoms with Crippen molar-refractivity contribution in [2.24, 2.45) is 5.41 Å². The number of carboxylic acids is 1. The minimum absolute atomic E-state index is 0.234. The first-order valence-electron chi connectivity index (χ1n) is 5.37. The van der Waals surface area contributed by atoms with Crippen LogP contribution in [0.1, 0.15) is 34.6 Å². The van der Waals surface area contributed by atoms with Gasteiger partial charge in [-0.1, -0.05) is 20.8 Å². The molecule has 0 saturated heterocycles. The first-order valence-corrected chi connectivity index (χ1v) is 6.81. The topological polar surface area (TPSA) is 86.7 Å². The molecule has 17 heavy (non-hydrogen) atoms. The van der Waals surface area contributed by atoms with Crippen LogP contribution in [-0.4, -0.2) is 42.9 Å². The quantitative estimate of drug-likeness (QED) is 0.765. The smallest absolute Gasteiger partial charge is 0.322 e. The van der Waals surface area contributed by atoms with Crippen LogP contribution in [-0.2, 0) is 15.0 Å². The number of nitrogens with zero attached hydrogens (tertiary/aromatic N) is 1. The first-order chi connectivity index (χ1) is 7.39. The number of carboxylic acid groups (broad SMARTS) is 1. The van der Waals surface area contributed by atoms with Gasteiger partial charge in [-0.05, 0) is 19.3 Å². The standard InChI is InChI=1S/C10H22N2O4S/c1-7(2)12(6)17(15,16)11-8(9(13)14)10(3,4)5/h7-8,11H,1-6H3,(H,13,14). The third kappa shape index (κ3) is 4.61. The van der Waals surface area contributed by atoms with E-state index in [1.54, 1.807) is 34.6 Å². The fraction of sp³-hybridized carbons (Fsp3) is 0.900. The summed E-state index contributed by atoms with van der Waals surface area (Å²) in [4.78, 5) is 11.1. The van der Waals surface area contributed by atoms with Crippen LogP contribution in [0.15, 0.2) is 0 Å². The van der Waals surface area contributed by atoms with Crippen LogP contribution in [0.25, 0.3) is 0 Å². The van der Waals surface area contributed by atoms with E-state index in [4.69, 9.17) is 5.11 Å². The summed E-state index contributed by atoms with van der Waals surface area (Å²) in [6.07, 6.45) is 0. The first kappa shape index (κ1) is 16.3. The van der Waals surface area contributed by atoms with Crippen molar-refractivity contribution in [2.75, 3.05) is 7.05 Å². The molecule has 0 heterocycles. The van der Waals surface area contributed by atoms with E-state index in [0.29, 0.717) is 0 Å². The summed E-state index contributed by atoms with van der Waals surface area (Å²) < 4.78 is 27.1. The molecule has 0 aromatic rings. The summed E-state index contributed by atoms with van der Waals surface area (Å²) in [7, 11) is -2.37. The van der Waals surface area contributed by atoms with Gasteiger partial charge in [0.1, 0.15) is 6.04 Å². The van der Waals surface area contributed by atoms with Gasteiger partial charge < -0.3 is 5.11 Å². The molecule has 7 heteroatoms. The molecule has 0 radical (unpaired) electrons. The van der Waals surface area contributed by atoms with Gasteiger partial charge in [0.25, 0.3) is 10.2 Å². The van der Waals surface area contributed by atoms with Crippen molar-refractivity contribution in [2.45, 2.75) is 46.7 Å². The summed E-state index contributed by atoms with van der Waals surface area (Å²) >= 11 is 0. The molecule has 0 aromatic heterocycles. The SMILES string of the molecule is CC(C)N(C)S(=O)(=O)NC(C(=O)O)C(C)(C)C. The van der Waals surface area contributed by atoms with Gasteiger partial charge in [0.2, 0.25) is 0 Å². The zero-order valence-corrected chi connectivity index (χ0v) is 12.0. The molecule has 0 aliphatic heterocycles. The molecule has 1 atom stereocenters. The lowest BCUT2D eigenvalue weighted by Crippen LogP contribution is -2.53. The Hall–Kier alpha value is -0.660. The lowest BCUT2D eigenvalue weighted by Gasteiger charge is -2.30. The van der Waals surface area contributed by atoms with Crippen molar-refractivity contribution >= 4 is 16.2 Å². The van der Waals surface area contributed by atoms with Crippen molar-refractivity contribution in [3.05, 3.63) is 0 Å². The van der Waals surface area contributed by atoms with E-state index in [2.05, 4.69) is 4.72 Å². The average Bonchev–Trinajstić information content (AvgIpc) is 2.10. The molecule has 0 rings (SSSR count). The molecule has 0 spiro atoms. The Labute approximate surface area is 103 Å². The monoisotopic (exact) mass is 266 g/mol. The number of nitrogens with one attached hydrogen (secondary N) is 1. The zero-order valence-electron chi connectivity index (χ0n) is 11.2. The van der Waals surface area contributed by atoms with Gasteiger partial charge in [-0.2, -0.15) is 17.4 Å². The number of carbonyl (C=O) groups is 1. The van der Waals surface area contributed by atoms with Gasteiger partial charge in [-0.15, -0.1) is 0 Å². The van der Waals surface area contributed by atoms with E-state index in [9.17, 15) is 13.2 Å². The van der Waals surface area contributed by atoms with Crippen molar-refractivity contribution in [1.82, 2.24) is 9.03 Å². The Balaban J connectivity index is 5.10. The predicted octanol–water partition coefficient (Wildman–Crippen LogP) is 0.660. The zero-order chi connectivity index (χ0) is 14.0. The fourth-order valence-corrected chi connectivity index (χ4v) is 2.58. The summed E-state index contributed by atoms with van der Waals surface area (Å²) in [5.41, 5.74) is -0.698. The third-order valence-electron chi connectivity index (χ3n) is 2.49. The van der Waals surface area contributed by atoms with Crippen LogP contribution < -0.4 is 4.72 Å². The second kappa shape index (κ2) is 5.32. The summed E-state index contributed by atoms with van der Waals surface area (Å²) in [5.74, 6) is -1.18. The van der Waals surface area contributed by atoms with Gasteiger partial charge in [0.15, 0.2) is 0 Å². The van der Waals surface area contributed by atoms with Crippen molar-refractivity contribution in [3.63, 3.8) is 0 Å². The molecule has 6 nitrogen and oxygen atoms in total. The number of aliphatic carboxylic acids is 1. The molecular weight excluding hydrogens is 244 g/mol. The lowest BCUT2D eigenvalue weighted by atomic mass is 9.88. The number of hydrogen-bond acceptors (Lipinski definition) is 3. The number of hydrogen-bond donors (Lipinski definition) is 2. The van der Waals surface area contributed by atoms with Crippen molar-refractivity contribution in [1.29, 1.82) is 0 Å². The molecule has 0 aliphatic carbocycles. The highest BCUT2D eigenvalue weighted by molar-refractivity contribution is 7.87. The van der Waals surface area contributed by atoms with E-state index in [0.717, 1.165) is 4.31 Å². The van der Waals surface area contributed by atoms with Crippen LogP contribution in [0.5, 0.6) is 0 Å². The predicted molar refractivity (Wildman–Crippen MR) is 65.8 cm³/mol. The van der Waals surface area contributed by atoms with Crippen LogP contribution in [0.3, 0.4) is 0 Å². The van der Waals surface area contributed by atoms with Crippen LogP contribution in [0.2, 0.25) is 0 Å². The van der Waals surface area contributed by atoms with Crippen molar-refractivity contribution < 1.29 is 18.3 Å². The molecule has 0 fully saturated rings. The normalized spacial score (nSPS) is 15.3. The van der Waals surface area contributed by atoms with Crippen LogP contribution in [0, 0.1) is 5.41 Å². The van der Waals surface area contributed by atoms with Crippen LogP contribution >= 0.6 is 0 Å². The Morgan fingerprint density at radius 2 is 1.71 bits per heavy atom. The second-order valence-electron chi connectivity index (χ2n) is 5.37. The highest BCUT2D eigenvalue weighted by atomic mass is 32.2. The van der Waals surface area contributed by atoms with Gasteiger partial charge >= 0.3 is 5.97 Å². The van der Waals surface area contributed by atoms with Gasteiger partial charge in [-0.3, -0.25) is 4.79 Å². The van der Waals surface area contributed by atoms with E-state index >= 15 is 0 Å². The van der Waals surface area contributed by atoms with E-state index in [1.807, 2.05) is 0 Å². The lowest BCUT2D eigenvalue weighted by molar-refractivity contribution is -0.141. The Morgan fingerprint density at radius 3 is 1.94 bits per heavy atom. The van der Waals surface area contributed by atoms with Gasteiger partial charge in [-0.25, -0.2) is 0 Å². The average molecular weight is 266 g/mol. The maximum absolute atomic E-state index is 11.9. The second-order valence-corrected chi connectivity index (χ2v) is 7.13. The van der Waals surface area contributed by atoms with Crippen molar-refractivity contribution in [3.8, 4) is 0 Å². The minimum atomic E-state index is -3.78. The molecule has 0 aromatic carbocycles. The molecule has 2 N–H and O–H groups in total. The summed E-state index contributed by atoms with van der Waals surface area (Å²) in [5, 5.41) is 9.05. The van der Waals surface area contributed by atoms with Gasteiger partial charge in [0.05, 0.1) is 0 Å². The Morgan fingerprint density at radius 1 is 1.29 bits per heavy atom. The molecule has 0 bridgehead atoms. The highest BCUT2D eigenvalue weighted by Gasteiger charge is 2.36. The van der Waals surface area contributed by atoms with Crippen LogP contribution in [0.4, 0.5) is 0 Å². The minimum Gasteiger partial charge on any atom is -0.480 e. The Bertz CT molecular complexity index is 370. The highest BCUT2D eigenvalue weighted by Crippen LogP contribution is 2.20. The maximum Gasteiger partial charge on any atom is 0.322 e. The summed E-state index contributed by atoms with van der Waals surface area (Å²) in [6, 6.07) is -1.39. The van der Waals surface area contributed by atoms with Gasteiger partial charge in [0, 0.05) is 13.1 Å². The molecule has 1 unspecified atom stereocenters. The molecule has 102 valence electrons. The molecule has 0 aliphatic rings. The summed E-state index contributed by atoms with van der Waals surface area (Å²) in [6.45, 7) is 8.44. The number of rotatable bonds is 5. The Kier molecular flexibility index (Phi) is 5.12. The largest absolute Gasteiger partial charge is 0.480 e. The molecule has 0 amide bonds.